The lowest BCUT2D eigenvalue weighted by molar-refractivity contribution is -0.116. The van der Waals surface area contributed by atoms with Crippen molar-refractivity contribution in [1.82, 2.24) is 0 Å². The van der Waals surface area contributed by atoms with Crippen molar-refractivity contribution < 1.29 is 4.79 Å². The highest BCUT2D eigenvalue weighted by Gasteiger charge is 2.19. The first kappa shape index (κ1) is 11.5. The number of carbonyl (C=O) groups is 1. The van der Waals surface area contributed by atoms with Crippen LogP contribution in [-0.2, 0) is 4.79 Å². The van der Waals surface area contributed by atoms with Crippen molar-refractivity contribution >= 4 is 40.0 Å². The smallest absolute Gasteiger partial charge is 0.152 e. The zero-order chi connectivity index (χ0) is 10.7. The summed E-state index contributed by atoms with van der Waals surface area (Å²) < 4.78 is 0.844. The van der Waals surface area contributed by atoms with Crippen molar-refractivity contribution in [1.29, 1.82) is 5.26 Å². The predicted molar refractivity (Wildman–Crippen MR) is 63.1 cm³/mol. The van der Waals surface area contributed by atoms with E-state index < -0.39 is 5.38 Å². The first-order valence-electron chi connectivity index (χ1n) is 3.91. The number of carbonyl (C=O) groups excluding carboxylic acids is 1. The molecule has 0 spiro atoms. The molecule has 1 aromatic rings. The van der Waals surface area contributed by atoms with E-state index in [1.807, 2.05) is 12.1 Å². The lowest BCUT2D eigenvalue weighted by atomic mass is 10.0. The van der Waals surface area contributed by atoms with E-state index in [-0.39, 0.29) is 5.78 Å². The average Bonchev–Trinajstić information content (AvgIpc) is 2.16. The van der Waals surface area contributed by atoms with E-state index in [1.54, 1.807) is 12.1 Å². The number of alkyl halides is 1. The molecule has 0 bridgehead atoms. The van der Waals surface area contributed by atoms with Crippen LogP contribution in [0.15, 0.2) is 18.2 Å². The third-order valence-electron chi connectivity index (χ3n) is 1.78. The van der Waals surface area contributed by atoms with Gasteiger partial charge in [0.25, 0.3) is 0 Å². The number of rotatable bonds is 2. The van der Waals surface area contributed by atoms with Gasteiger partial charge in [0, 0.05) is 9.13 Å². The van der Waals surface area contributed by atoms with Gasteiger partial charge in [-0.3, -0.25) is 4.79 Å². The first-order chi connectivity index (χ1) is 6.57. The van der Waals surface area contributed by atoms with Crippen LogP contribution in [0.2, 0.25) is 0 Å². The highest BCUT2D eigenvalue weighted by Crippen LogP contribution is 2.29. The van der Waals surface area contributed by atoms with Crippen LogP contribution in [-0.4, -0.2) is 5.78 Å². The fourth-order valence-corrected chi connectivity index (χ4v) is 2.32. The molecule has 0 fully saturated rings. The SMILES string of the molecule is CC(=O)C(Cl)c1c(I)cccc1C#N. The monoisotopic (exact) mass is 319 g/mol. The second-order valence-electron chi connectivity index (χ2n) is 2.79. The van der Waals surface area contributed by atoms with E-state index in [9.17, 15) is 4.79 Å². The van der Waals surface area contributed by atoms with Gasteiger partial charge < -0.3 is 0 Å². The topological polar surface area (TPSA) is 40.9 Å². The van der Waals surface area contributed by atoms with Gasteiger partial charge in [-0.25, -0.2) is 0 Å². The molecule has 0 radical (unpaired) electrons. The fraction of sp³-hybridized carbons (Fsp3) is 0.200. The predicted octanol–water partition coefficient (Wildman–Crippen LogP) is 3.03. The summed E-state index contributed by atoms with van der Waals surface area (Å²) in [5.74, 6) is -0.146. The van der Waals surface area contributed by atoms with Crippen LogP contribution in [0, 0.1) is 14.9 Å². The van der Waals surface area contributed by atoms with E-state index in [0.29, 0.717) is 11.1 Å². The van der Waals surface area contributed by atoms with Gasteiger partial charge in [0.05, 0.1) is 11.6 Å². The molecule has 1 atom stereocenters. The molecule has 0 saturated carbocycles. The van der Waals surface area contributed by atoms with Crippen molar-refractivity contribution in [3.8, 4) is 6.07 Å². The summed E-state index contributed by atoms with van der Waals surface area (Å²) in [6.07, 6.45) is 0. The summed E-state index contributed by atoms with van der Waals surface area (Å²) in [4.78, 5) is 11.1. The van der Waals surface area contributed by atoms with E-state index in [1.165, 1.54) is 6.92 Å². The summed E-state index contributed by atoms with van der Waals surface area (Å²) in [7, 11) is 0. The Morgan fingerprint density at radius 1 is 1.64 bits per heavy atom. The summed E-state index contributed by atoms with van der Waals surface area (Å²) in [6, 6.07) is 7.29. The molecular weight excluding hydrogens is 312 g/mol. The number of hydrogen-bond acceptors (Lipinski definition) is 2. The van der Waals surface area contributed by atoms with Crippen LogP contribution in [0.4, 0.5) is 0 Å². The van der Waals surface area contributed by atoms with E-state index in [4.69, 9.17) is 16.9 Å². The molecule has 0 amide bonds. The van der Waals surface area contributed by atoms with E-state index in [0.717, 1.165) is 3.57 Å². The molecule has 0 aromatic heterocycles. The van der Waals surface area contributed by atoms with Crippen LogP contribution >= 0.6 is 34.2 Å². The Bertz CT molecular complexity index is 411. The minimum atomic E-state index is -0.724. The Balaban J connectivity index is 3.32. The van der Waals surface area contributed by atoms with Crippen molar-refractivity contribution in [2.45, 2.75) is 12.3 Å². The second-order valence-corrected chi connectivity index (χ2v) is 4.38. The van der Waals surface area contributed by atoms with Gasteiger partial charge in [0.1, 0.15) is 5.38 Å². The van der Waals surface area contributed by atoms with Crippen LogP contribution in [0.3, 0.4) is 0 Å². The molecular formula is C10H7ClINO. The van der Waals surface area contributed by atoms with Gasteiger partial charge in [0.15, 0.2) is 5.78 Å². The van der Waals surface area contributed by atoms with Crippen molar-refractivity contribution in [3.63, 3.8) is 0 Å². The van der Waals surface area contributed by atoms with Gasteiger partial charge in [-0.05, 0) is 41.6 Å². The number of nitriles is 1. The van der Waals surface area contributed by atoms with E-state index in [2.05, 4.69) is 22.6 Å². The Morgan fingerprint density at radius 2 is 2.29 bits per heavy atom. The Labute approximate surface area is 101 Å². The number of benzene rings is 1. The summed E-state index contributed by atoms with van der Waals surface area (Å²) in [6.45, 7) is 1.42. The zero-order valence-corrected chi connectivity index (χ0v) is 10.3. The molecule has 0 saturated heterocycles. The second kappa shape index (κ2) is 4.76. The van der Waals surface area contributed by atoms with Gasteiger partial charge in [-0.15, -0.1) is 11.6 Å². The van der Waals surface area contributed by atoms with Crippen LogP contribution in [0.1, 0.15) is 23.4 Å². The minimum Gasteiger partial charge on any atom is -0.298 e. The maximum atomic E-state index is 11.1. The highest BCUT2D eigenvalue weighted by atomic mass is 127. The number of ketones is 1. The number of nitrogens with zero attached hydrogens (tertiary/aromatic N) is 1. The van der Waals surface area contributed by atoms with E-state index >= 15 is 0 Å². The van der Waals surface area contributed by atoms with Crippen LogP contribution in [0.25, 0.3) is 0 Å². The third-order valence-corrected chi connectivity index (χ3v) is 3.25. The highest BCUT2D eigenvalue weighted by molar-refractivity contribution is 14.1. The Kier molecular flexibility index (Phi) is 3.90. The maximum Gasteiger partial charge on any atom is 0.152 e. The lowest BCUT2D eigenvalue weighted by Gasteiger charge is -2.09. The minimum absolute atomic E-state index is 0.146. The normalized spacial score (nSPS) is 11.9. The van der Waals surface area contributed by atoms with Crippen molar-refractivity contribution in [2.75, 3.05) is 0 Å². The van der Waals surface area contributed by atoms with Gasteiger partial charge >= 0.3 is 0 Å². The largest absolute Gasteiger partial charge is 0.298 e. The van der Waals surface area contributed by atoms with Crippen molar-refractivity contribution in [3.05, 3.63) is 32.9 Å². The molecule has 0 aliphatic carbocycles. The zero-order valence-electron chi connectivity index (χ0n) is 7.42. The fourth-order valence-electron chi connectivity index (χ4n) is 1.10. The van der Waals surface area contributed by atoms with Gasteiger partial charge in [-0.1, -0.05) is 6.07 Å². The first-order valence-corrected chi connectivity index (χ1v) is 5.42. The van der Waals surface area contributed by atoms with Crippen molar-refractivity contribution in [2.24, 2.45) is 0 Å². The molecule has 0 N–H and O–H groups in total. The summed E-state index contributed by atoms with van der Waals surface area (Å²) in [5, 5.41) is 8.13. The average molecular weight is 320 g/mol. The number of halogens is 2. The molecule has 14 heavy (non-hydrogen) atoms. The van der Waals surface area contributed by atoms with Gasteiger partial charge in [-0.2, -0.15) is 5.26 Å². The molecule has 72 valence electrons. The molecule has 4 heteroatoms. The maximum absolute atomic E-state index is 11.1. The standard InChI is InChI=1S/C10H7ClINO/c1-6(14)10(11)9-7(5-13)3-2-4-8(9)12/h2-4,10H,1H3. The van der Waals surface area contributed by atoms with Crippen LogP contribution < -0.4 is 0 Å². The number of Topliss-reactive ketones (excluding diaryl/α,β-unsaturated/α-hetero) is 1. The van der Waals surface area contributed by atoms with Gasteiger partial charge in [0.2, 0.25) is 0 Å². The van der Waals surface area contributed by atoms with Crippen LogP contribution in [0.5, 0.6) is 0 Å². The molecule has 2 nitrogen and oxygen atoms in total. The molecule has 1 rings (SSSR count). The summed E-state index contributed by atoms with van der Waals surface area (Å²) >= 11 is 7.99. The Hall–Kier alpha value is -0.600. The number of hydrogen-bond donors (Lipinski definition) is 0. The molecule has 0 aliphatic rings. The third kappa shape index (κ3) is 2.25. The molecule has 1 aromatic carbocycles. The summed E-state index contributed by atoms with van der Waals surface area (Å²) in [5.41, 5.74) is 1.08. The quantitative estimate of drug-likeness (QED) is 0.621. The molecule has 1 unspecified atom stereocenters. The lowest BCUT2D eigenvalue weighted by Crippen LogP contribution is -2.06. The Morgan fingerprint density at radius 3 is 2.79 bits per heavy atom. The molecule has 0 aliphatic heterocycles. The molecule has 0 heterocycles.